The lowest BCUT2D eigenvalue weighted by molar-refractivity contribution is -0.127. The number of amides is 3. The van der Waals surface area contributed by atoms with E-state index in [1.54, 1.807) is 48.5 Å². The van der Waals surface area contributed by atoms with Crippen molar-refractivity contribution in [1.29, 1.82) is 0 Å². The molecule has 3 rings (SSSR count). The van der Waals surface area contributed by atoms with Crippen LogP contribution in [-0.2, 0) is 9.59 Å². The highest BCUT2D eigenvalue weighted by molar-refractivity contribution is 8.18. The first-order chi connectivity index (χ1) is 13.9. The summed E-state index contributed by atoms with van der Waals surface area (Å²) in [6.45, 7) is 1.94. The largest absolute Gasteiger partial charge is 0.492 e. The molecule has 0 spiro atoms. The number of carbonyl (C=O) groups is 3. The smallest absolute Gasteiger partial charge is 0.294 e. The third-order valence-electron chi connectivity index (χ3n) is 3.84. The Labute approximate surface area is 181 Å². The third kappa shape index (κ3) is 5.32. The van der Waals surface area contributed by atoms with Crippen molar-refractivity contribution in [3.05, 3.63) is 63.0 Å². The molecule has 29 heavy (non-hydrogen) atoms. The second kappa shape index (κ2) is 9.35. The predicted octanol–water partition coefficient (Wildman–Crippen LogP) is 5.07. The van der Waals surface area contributed by atoms with E-state index in [2.05, 4.69) is 5.32 Å². The van der Waals surface area contributed by atoms with Crippen LogP contribution in [0.3, 0.4) is 0 Å². The average Bonchev–Trinajstić information content (AvgIpc) is 2.91. The maximum atomic E-state index is 12.6. The number of anilines is 1. The summed E-state index contributed by atoms with van der Waals surface area (Å²) in [6.07, 6.45) is 1.56. The van der Waals surface area contributed by atoms with E-state index in [4.69, 9.17) is 27.9 Å². The Morgan fingerprint density at radius 3 is 2.69 bits per heavy atom. The van der Waals surface area contributed by atoms with Gasteiger partial charge in [0, 0.05) is 10.7 Å². The first kappa shape index (κ1) is 21.2. The number of nitrogens with zero attached hydrogens (tertiary/aromatic N) is 1. The van der Waals surface area contributed by atoms with Gasteiger partial charge in [0.1, 0.15) is 12.3 Å². The molecule has 0 saturated carbocycles. The van der Waals surface area contributed by atoms with Crippen LogP contribution in [0.15, 0.2) is 47.4 Å². The first-order valence-corrected chi connectivity index (χ1v) is 10.2. The van der Waals surface area contributed by atoms with Crippen LogP contribution in [0, 0.1) is 0 Å². The van der Waals surface area contributed by atoms with E-state index < -0.39 is 23.6 Å². The number of hydrogen-bond donors (Lipinski definition) is 1. The number of halogens is 2. The van der Waals surface area contributed by atoms with Gasteiger partial charge in [0.15, 0.2) is 0 Å². The fourth-order valence-corrected chi connectivity index (χ4v) is 3.85. The SMILES string of the molecule is CCOc1ccc(C=C2SC(=O)N(CC(=O)Nc3cccc(Cl)c3)C2=O)cc1Cl. The summed E-state index contributed by atoms with van der Waals surface area (Å²) in [5.74, 6) is -0.497. The quantitative estimate of drug-likeness (QED) is 0.621. The third-order valence-corrected chi connectivity index (χ3v) is 5.28. The number of nitrogens with one attached hydrogen (secondary N) is 1. The van der Waals surface area contributed by atoms with Gasteiger partial charge in [0.2, 0.25) is 5.91 Å². The number of imide groups is 1. The van der Waals surface area contributed by atoms with Crippen LogP contribution in [0.25, 0.3) is 6.08 Å². The molecular formula is C20H16Cl2N2O4S. The lowest BCUT2D eigenvalue weighted by Gasteiger charge is -2.12. The van der Waals surface area contributed by atoms with Gasteiger partial charge < -0.3 is 10.1 Å². The second-order valence-electron chi connectivity index (χ2n) is 5.95. The minimum atomic E-state index is -0.536. The highest BCUT2D eigenvalue weighted by Gasteiger charge is 2.36. The Balaban J connectivity index is 1.69. The van der Waals surface area contributed by atoms with E-state index in [0.717, 1.165) is 16.7 Å². The summed E-state index contributed by atoms with van der Waals surface area (Å²) >= 11 is 12.8. The lowest BCUT2D eigenvalue weighted by atomic mass is 10.2. The van der Waals surface area contributed by atoms with E-state index >= 15 is 0 Å². The van der Waals surface area contributed by atoms with Gasteiger partial charge in [-0.25, -0.2) is 0 Å². The summed E-state index contributed by atoms with van der Waals surface area (Å²) in [5, 5.41) is 2.96. The molecule has 0 radical (unpaired) electrons. The van der Waals surface area contributed by atoms with Crippen LogP contribution in [-0.4, -0.2) is 35.1 Å². The molecule has 2 aromatic rings. The number of carbonyl (C=O) groups excluding carboxylic acids is 3. The summed E-state index contributed by atoms with van der Waals surface area (Å²) < 4.78 is 5.38. The maximum Gasteiger partial charge on any atom is 0.294 e. The maximum absolute atomic E-state index is 12.6. The van der Waals surface area contributed by atoms with Gasteiger partial charge >= 0.3 is 0 Å². The van der Waals surface area contributed by atoms with Crippen LogP contribution in [0.2, 0.25) is 10.0 Å². The summed E-state index contributed by atoms with van der Waals surface area (Å²) in [4.78, 5) is 38.1. The van der Waals surface area contributed by atoms with E-state index in [-0.39, 0.29) is 4.91 Å². The molecule has 6 nitrogen and oxygen atoms in total. The Hall–Kier alpha value is -2.48. The van der Waals surface area contributed by atoms with Gasteiger partial charge in [-0.15, -0.1) is 0 Å². The van der Waals surface area contributed by atoms with Crippen molar-refractivity contribution in [1.82, 2.24) is 4.90 Å². The van der Waals surface area contributed by atoms with Gasteiger partial charge in [-0.1, -0.05) is 35.3 Å². The molecular weight excluding hydrogens is 435 g/mol. The summed E-state index contributed by atoms with van der Waals surface area (Å²) in [5.41, 5.74) is 1.13. The van der Waals surface area contributed by atoms with E-state index in [1.165, 1.54) is 0 Å². The molecule has 1 heterocycles. The van der Waals surface area contributed by atoms with Gasteiger partial charge in [0.05, 0.1) is 16.5 Å². The first-order valence-electron chi connectivity index (χ1n) is 8.60. The van der Waals surface area contributed by atoms with Crippen molar-refractivity contribution in [3.63, 3.8) is 0 Å². The molecule has 0 bridgehead atoms. The number of ether oxygens (including phenoxy) is 1. The summed E-state index contributed by atoms with van der Waals surface area (Å²) in [6, 6.07) is 11.7. The molecule has 0 aromatic heterocycles. The zero-order valence-corrected chi connectivity index (χ0v) is 17.6. The van der Waals surface area contributed by atoms with Gasteiger partial charge in [0.25, 0.3) is 11.1 Å². The zero-order valence-electron chi connectivity index (χ0n) is 15.3. The van der Waals surface area contributed by atoms with Crippen molar-refractivity contribution >= 4 is 63.8 Å². The zero-order chi connectivity index (χ0) is 21.0. The fourth-order valence-electron chi connectivity index (χ4n) is 2.58. The van der Waals surface area contributed by atoms with Crippen LogP contribution in [0.5, 0.6) is 5.75 Å². The molecule has 3 amide bonds. The monoisotopic (exact) mass is 450 g/mol. The molecule has 1 saturated heterocycles. The Bertz CT molecular complexity index is 1010. The minimum Gasteiger partial charge on any atom is -0.492 e. The minimum absolute atomic E-state index is 0.214. The highest BCUT2D eigenvalue weighted by Crippen LogP contribution is 2.33. The standard InChI is InChI=1S/C20H16Cl2N2O4S/c1-2-28-16-7-6-12(8-15(16)22)9-17-19(26)24(20(27)29-17)11-18(25)23-14-5-3-4-13(21)10-14/h3-10H,2,11H2,1H3,(H,23,25). The van der Waals surface area contributed by atoms with E-state index in [9.17, 15) is 14.4 Å². The van der Waals surface area contributed by atoms with Crippen LogP contribution >= 0.6 is 35.0 Å². The van der Waals surface area contributed by atoms with Crippen molar-refractivity contribution < 1.29 is 19.1 Å². The molecule has 9 heteroatoms. The lowest BCUT2D eigenvalue weighted by Crippen LogP contribution is -2.36. The van der Waals surface area contributed by atoms with Crippen molar-refractivity contribution in [3.8, 4) is 5.75 Å². The molecule has 0 unspecified atom stereocenters. The topological polar surface area (TPSA) is 75.7 Å². The highest BCUT2D eigenvalue weighted by atomic mass is 35.5. The fraction of sp³-hybridized carbons (Fsp3) is 0.150. The molecule has 2 aromatic carbocycles. The summed E-state index contributed by atoms with van der Waals surface area (Å²) in [7, 11) is 0. The Morgan fingerprint density at radius 1 is 1.21 bits per heavy atom. The molecule has 1 N–H and O–H groups in total. The van der Waals surface area contributed by atoms with Crippen LogP contribution < -0.4 is 10.1 Å². The number of hydrogen-bond acceptors (Lipinski definition) is 5. The second-order valence-corrected chi connectivity index (χ2v) is 7.79. The van der Waals surface area contributed by atoms with Crippen molar-refractivity contribution in [2.75, 3.05) is 18.5 Å². The Morgan fingerprint density at radius 2 is 2.00 bits per heavy atom. The molecule has 0 aliphatic carbocycles. The molecule has 150 valence electrons. The number of benzene rings is 2. The number of thioether (sulfide) groups is 1. The molecule has 1 aliphatic rings. The van der Waals surface area contributed by atoms with Crippen LogP contribution in [0.4, 0.5) is 10.5 Å². The average molecular weight is 451 g/mol. The Kier molecular flexibility index (Phi) is 6.84. The van der Waals surface area contributed by atoms with Crippen molar-refractivity contribution in [2.45, 2.75) is 6.92 Å². The predicted molar refractivity (Wildman–Crippen MR) is 115 cm³/mol. The molecule has 1 fully saturated rings. The normalized spacial score (nSPS) is 15.1. The van der Waals surface area contributed by atoms with Crippen LogP contribution in [0.1, 0.15) is 12.5 Å². The molecule has 1 aliphatic heterocycles. The van der Waals surface area contributed by atoms with E-state index in [0.29, 0.717) is 33.7 Å². The number of rotatable bonds is 6. The van der Waals surface area contributed by atoms with Gasteiger partial charge in [-0.3, -0.25) is 19.3 Å². The van der Waals surface area contributed by atoms with E-state index in [1.807, 2.05) is 6.92 Å². The van der Waals surface area contributed by atoms with Gasteiger partial charge in [-0.2, -0.15) is 0 Å². The van der Waals surface area contributed by atoms with Gasteiger partial charge in [-0.05, 0) is 60.7 Å². The molecule has 0 atom stereocenters. The van der Waals surface area contributed by atoms with Crippen molar-refractivity contribution in [2.24, 2.45) is 0 Å².